The van der Waals surface area contributed by atoms with Gasteiger partial charge in [0.15, 0.2) is 0 Å². The van der Waals surface area contributed by atoms with Gasteiger partial charge in [-0.2, -0.15) is 0 Å². The number of carbonyl (C=O) groups is 1. The van der Waals surface area contributed by atoms with Gasteiger partial charge in [0.05, 0.1) is 23.4 Å². The van der Waals surface area contributed by atoms with E-state index in [1.54, 1.807) is 44.2 Å². The smallest absolute Gasteiger partial charge is 0.339 e. The number of aryl methyl sites for hydroxylation is 1. The molecule has 0 saturated heterocycles. The average molecular weight is 339 g/mol. The fourth-order valence-corrected chi connectivity index (χ4v) is 2.54. The van der Waals surface area contributed by atoms with Crippen molar-refractivity contribution in [3.8, 4) is 5.75 Å². The van der Waals surface area contributed by atoms with Gasteiger partial charge in [-0.05, 0) is 49.7 Å². The molecule has 0 aliphatic carbocycles. The number of nitrogens with zero attached hydrogens (tertiary/aromatic N) is 1. The van der Waals surface area contributed by atoms with Gasteiger partial charge in [0, 0.05) is 11.5 Å². The first kappa shape index (κ1) is 16.9. The van der Waals surface area contributed by atoms with Gasteiger partial charge in [0.1, 0.15) is 18.2 Å². The highest BCUT2D eigenvalue weighted by Gasteiger charge is 2.13. The summed E-state index contributed by atoms with van der Waals surface area (Å²) >= 11 is 0. The van der Waals surface area contributed by atoms with E-state index in [2.05, 4.69) is 4.98 Å². The van der Waals surface area contributed by atoms with Crippen LogP contribution in [0.2, 0.25) is 0 Å². The number of hydrogen-bond donors (Lipinski definition) is 0. The molecule has 4 nitrogen and oxygen atoms in total. The van der Waals surface area contributed by atoms with E-state index >= 15 is 0 Å². The first-order valence-corrected chi connectivity index (χ1v) is 8.02. The zero-order chi connectivity index (χ0) is 17.8. The number of benzene rings is 2. The van der Waals surface area contributed by atoms with Crippen LogP contribution < -0.4 is 4.74 Å². The Bertz CT molecular complexity index is 924. The Morgan fingerprint density at radius 3 is 2.76 bits per heavy atom. The summed E-state index contributed by atoms with van der Waals surface area (Å²) in [6.45, 7) is 4.13. The highest BCUT2D eigenvalue weighted by molar-refractivity contribution is 5.95. The van der Waals surface area contributed by atoms with Crippen molar-refractivity contribution in [2.24, 2.45) is 0 Å². The summed E-state index contributed by atoms with van der Waals surface area (Å²) in [5.41, 5.74) is 2.54. The molecule has 0 N–H and O–H groups in total. The van der Waals surface area contributed by atoms with E-state index in [0.29, 0.717) is 23.6 Å². The molecule has 128 valence electrons. The van der Waals surface area contributed by atoms with Gasteiger partial charge in [0.25, 0.3) is 0 Å². The van der Waals surface area contributed by atoms with E-state index in [4.69, 9.17) is 9.47 Å². The van der Waals surface area contributed by atoms with Crippen molar-refractivity contribution in [3.05, 3.63) is 71.2 Å². The molecule has 0 amide bonds. The fraction of sp³-hybridized carbons (Fsp3) is 0.200. The number of halogens is 1. The molecule has 0 spiro atoms. The number of hydrogen-bond acceptors (Lipinski definition) is 4. The minimum atomic E-state index is -0.374. The van der Waals surface area contributed by atoms with Crippen molar-refractivity contribution >= 4 is 16.9 Å². The van der Waals surface area contributed by atoms with Crippen LogP contribution in [-0.4, -0.2) is 17.6 Å². The summed E-state index contributed by atoms with van der Waals surface area (Å²) < 4.78 is 24.0. The Morgan fingerprint density at radius 1 is 1.16 bits per heavy atom. The van der Waals surface area contributed by atoms with Crippen LogP contribution in [0.4, 0.5) is 4.39 Å². The second-order valence-corrected chi connectivity index (χ2v) is 5.61. The maximum Gasteiger partial charge on any atom is 0.339 e. The summed E-state index contributed by atoms with van der Waals surface area (Å²) in [5.74, 6) is -0.0308. The third-order valence-corrected chi connectivity index (χ3v) is 3.77. The fourth-order valence-electron chi connectivity index (χ4n) is 2.54. The molecule has 2 aromatic carbocycles. The van der Waals surface area contributed by atoms with Gasteiger partial charge in [-0.1, -0.05) is 12.1 Å². The lowest BCUT2D eigenvalue weighted by atomic mass is 10.1. The topological polar surface area (TPSA) is 48.4 Å². The summed E-state index contributed by atoms with van der Waals surface area (Å²) in [4.78, 5) is 16.4. The standard InChI is InChI=1S/C20H18FNO3/c1-3-24-20(23)18-10-15-7-8-17(11-19(15)22-13(18)2)25-12-14-5-4-6-16(21)9-14/h4-11H,3,12H2,1-2H3. The molecule has 0 radical (unpaired) electrons. The van der Waals surface area contributed by atoms with Crippen LogP contribution in [0.25, 0.3) is 10.9 Å². The molecule has 0 bridgehead atoms. The molecular formula is C20H18FNO3. The van der Waals surface area contributed by atoms with Crippen LogP contribution in [0.3, 0.4) is 0 Å². The molecule has 0 fully saturated rings. The van der Waals surface area contributed by atoms with Crippen molar-refractivity contribution in [1.29, 1.82) is 0 Å². The van der Waals surface area contributed by atoms with Gasteiger partial charge >= 0.3 is 5.97 Å². The van der Waals surface area contributed by atoms with Crippen LogP contribution >= 0.6 is 0 Å². The Kier molecular flexibility index (Phi) is 4.93. The van der Waals surface area contributed by atoms with E-state index in [-0.39, 0.29) is 18.4 Å². The summed E-state index contributed by atoms with van der Waals surface area (Å²) in [5, 5.41) is 0.826. The van der Waals surface area contributed by atoms with Gasteiger partial charge in [-0.25, -0.2) is 9.18 Å². The van der Waals surface area contributed by atoms with Crippen LogP contribution in [0, 0.1) is 12.7 Å². The minimum absolute atomic E-state index is 0.267. The normalized spacial score (nSPS) is 10.7. The number of rotatable bonds is 5. The maximum atomic E-state index is 13.2. The number of ether oxygens (including phenoxy) is 2. The number of carbonyl (C=O) groups excluding carboxylic acids is 1. The van der Waals surface area contributed by atoms with Crippen molar-refractivity contribution < 1.29 is 18.7 Å². The molecule has 1 aromatic heterocycles. The second-order valence-electron chi connectivity index (χ2n) is 5.61. The monoisotopic (exact) mass is 339 g/mol. The van der Waals surface area contributed by atoms with Crippen LogP contribution in [0.1, 0.15) is 28.5 Å². The van der Waals surface area contributed by atoms with E-state index in [9.17, 15) is 9.18 Å². The lowest BCUT2D eigenvalue weighted by molar-refractivity contribution is 0.0525. The lowest BCUT2D eigenvalue weighted by Crippen LogP contribution is -2.08. The first-order chi connectivity index (χ1) is 12.1. The van der Waals surface area contributed by atoms with Crippen molar-refractivity contribution in [2.75, 3.05) is 6.61 Å². The second kappa shape index (κ2) is 7.30. The van der Waals surface area contributed by atoms with E-state index in [1.165, 1.54) is 12.1 Å². The summed E-state index contributed by atoms with van der Waals surface area (Å²) in [6, 6.07) is 13.5. The maximum absolute atomic E-state index is 13.2. The SMILES string of the molecule is CCOC(=O)c1cc2ccc(OCc3cccc(F)c3)cc2nc1C. The quantitative estimate of drug-likeness (QED) is 0.645. The van der Waals surface area contributed by atoms with E-state index < -0.39 is 0 Å². The lowest BCUT2D eigenvalue weighted by Gasteiger charge is -2.10. The zero-order valence-electron chi connectivity index (χ0n) is 14.1. The third-order valence-electron chi connectivity index (χ3n) is 3.77. The zero-order valence-corrected chi connectivity index (χ0v) is 14.1. The molecule has 3 aromatic rings. The van der Waals surface area contributed by atoms with E-state index in [0.717, 1.165) is 16.5 Å². The molecule has 0 aliphatic rings. The molecule has 0 aliphatic heterocycles. The molecule has 3 rings (SSSR count). The molecule has 0 atom stereocenters. The predicted molar refractivity (Wildman–Crippen MR) is 93.2 cm³/mol. The van der Waals surface area contributed by atoms with Gasteiger partial charge < -0.3 is 9.47 Å². The largest absolute Gasteiger partial charge is 0.489 e. The van der Waals surface area contributed by atoms with Gasteiger partial charge in [0.2, 0.25) is 0 Å². The number of aromatic nitrogens is 1. The van der Waals surface area contributed by atoms with Gasteiger partial charge in [-0.15, -0.1) is 0 Å². The van der Waals surface area contributed by atoms with Crippen molar-refractivity contribution in [1.82, 2.24) is 4.98 Å². The van der Waals surface area contributed by atoms with Gasteiger partial charge in [-0.3, -0.25) is 4.98 Å². The number of esters is 1. The molecule has 25 heavy (non-hydrogen) atoms. The Labute approximate surface area is 145 Å². The van der Waals surface area contributed by atoms with Crippen LogP contribution in [0.15, 0.2) is 48.5 Å². The summed E-state index contributed by atoms with van der Waals surface area (Å²) in [7, 11) is 0. The minimum Gasteiger partial charge on any atom is -0.489 e. The first-order valence-electron chi connectivity index (χ1n) is 8.02. The Hall–Kier alpha value is -2.95. The van der Waals surface area contributed by atoms with Crippen molar-refractivity contribution in [2.45, 2.75) is 20.5 Å². The average Bonchev–Trinajstić information content (AvgIpc) is 2.59. The highest BCUT2D eigenvalue weighted by Crippen LogP contribution is 2.23. The molecule has 0 unspecified atom stereocenters. The number of pyridine rings is 1. The molecule has 1 heterocycles. The predicted octanol–water partition coefficient (Wildman–Crippen LogP) is 4.44. The van der Waals surface area contributed by atoms with Crippen molar-refractivity contribution in [3.63, 3.8) is 0 Å². The van der Waals surface area contributed by atoms with Crippen LogP contribution in [-0.2, 0) is 11.3 Å². The molecule has 5 heteroatoms. The summed E-state index contributed by atoms with van der Waals surface area (Å²) in [6.07, 6.45) is 0. The third kappa shape index (κ3) is 3.94. The Balaban J connectivity index is 1.82. The molecular weight excluding hydrogens is 321 g/mol. The molecule has 0 saturated carbocycles. The van der Waals surface area contributed by atoms with E-state index in [1.807, 2.05) is 6.07 Å². The van der Waals surface area contributed by atoms with Crippen LogP contribution in [0.5, 0.6) is 5.75 Å². The number of fused-ring (bicyclic) bond motifs is 1. The Morgan fingerprint density at radius 2 is 2.00 bits per heavy atom. The highest BCUT2D eigenvalue weighted by atomic mass is 19.1.